The number of benzene rings is 2. The van der Waals surface area contributed by atoms with Gasteiger partial charge in [0.1, 0.15) is 29.6 Å². The Bertz CT molecular complexity index is 846. The van der Waals surface area contributed by atoms with Crippen LogP contribution in [0.1, 0.15) is 10.4 Å². The highest BCUT2D eigenvalue weighted by Crippen LogP contribution is 2.20. The van der Waals surface area contributed by atoms with Crippen molar-refractivity contribution in [2.24, 2.45) is 0 Å². The Morgan fingerprint density at radius 2 is 1.88 bits per heavy atom. The maximum absolute atomic E-state index is 13.7. The number of nitrogens with one attached hydrogen (secondary N) is 1. The van der Waals surface area contributed by atoms with Gasteiger partial charge in [0.05, 0.1) is 6.54 Å². The van der Waals surface area contributed by atoms with Crippen LogP contribution in [0.15, 0.2) is 60.9 Å². The molecule has 0 spiro atoms. The molecule has 7 heteroatoms. The fourth-order valence-corrected chi connectivity index (χ4v) is 2.26. The zero-order chi connectivity index (χ0) is 17.6. The predicted molar refractivity (Wildman–Crippen MR) is 88.5 cm³/mol. The number of carbonyl (C=O) groups excluding carboxylic acids is 1. The number of aromatic nitrogens is 2. The first kappa shape index (κ1) is 16.6. The Hall–Kier alpha value is -3.22. The highest BCUT2D eigenvalue weighted by molar-refractivity contribution is 6.04. The Balaban J connectivity index is 1.64. The molecule has 1 aromatic heterocycles. The minimum absolute atomic E-state index is 0.379. The molecule has 0 atom stereocenters. The molecule has 128 valence electrons. The Morgan fingerprint density at radius 3 is 2.60 bits per heavy atom. The molecule has 1 amide bonds. The van der Waals surface area contributed by atoms with Gasteiger partial charge in [-0.15, -0.1) is 0 Å². The minimum Gasteiger partial charge on any atom is -0.492 e. The van der Waals surface area contributed by atoms with Crippen molar-refractivity contribution < 1.29 is 18.3 Å². The van der Waals surface area contributed by atoms with Gasteiger partial charge in [0, 0.05) is 24.1 Å². The topological polar surface area (TPSA) is 56.1 Å². The molecule has 3 rings (SSSR count). The van der Waals surface area contributed by atoms with Gasteiger partial charge in [-0.05, 0) is 30.3 Å². The van der Waals surface area contributed by atoms with E-state index < -0.39 is 23.1 Å². The maximum atomic E-state index is 13.7. The lowest BCUT2D eigenvalue weighted by Gasteiger charge is -2.10. The molecule has 0 unspecified atom stereocenters. The smallest absolute Gasteiger partial charge is 0.261 e. The fraction of sp³-hybridized carbons (Fsp3) is 0.111. The molecular weight excluding hydrogens is 328 g/mol. The van der Waals surface area contributed by atoms with Gasteiger partial charge in [-0.3, -0.25) is 9.48 Å². The summed E-state index contributed by atoms with van der Waals surface area (Å²) in [4.78, 5) is 12.1. The molecule has 5 nitrogen and oxygen atoms in total. The summed E-state index contributed by atoms with van der Waals surface area (Å²) < 4.78 is 34.6. The lowest BCUT2D eigenvalue weighted by Crippen LogP contribution is -2.16. The summed E-state index contributed by atoms with van der Waals surface area (Å²) in [5.74, 6) is -2.16. The van der Waals surface area contributed by atoms with Crippen LogP contribution in [-0.4, -0.2) is 22.3 Å². The summed E-state index contributed by atoms with van der Waals surface area (Å²) in [6.45, 7) is 0.963. The van der Waals surface area contributed by atoms with Gasteiger partial charge in [0.25, 0.3) is 5.91 Å². The van der Waals surface area contributed by atoms with Crippen LogP contribution in [0.4, 0.5) is 14.5 Å². The molecule has 3 aromatic rings. The van der Waals surface area contributed by atoms with Crippen LogP contribution in [0.25, 0.3) is 0 Å². The van der Waals surface area contributed by atoms with Gasteiger partial charge < -0.3 is 10.1 Å². The second-order valence-corrected chi connectivity index (χ2v) is 5.20. The second-order valence-electron chi connectivity index (χ2n) is 5.20. The first-order valence-corrected chi connectivity index (χ1v) is 7.59. The largest absolute Gasteiger partial charge is 0.492 e. The van der Waals surface area contributed by atoms with E-state index in [0.29, 0.717) is 24.6 Å². The molecule has 25 heavy (non-hydrogen) atoms. The maximum Gasteiger partial charge on any atom is 0.261 e. The normalized spacial score (nSPS) is 10.5. The molecule has 0 radical (unpaired) electrons. The molecule has 2 aromatic carbocycles. The summed E-state index contributed by atoms with van der Waals surface area (Å²) in [7, 11) is 0. The van der Waals surface area contributed by atoms with E-state index in [1.165, 1.54) is 6.07 Å². The van der Waals surface area contributed by atoms with Gasteiger partial charge in [0.15, 0.2) is 0 Å². The quantitative estimate of drug-likeness (QED) is 0.745. The average Bonchev–Trinajstić information content (AvgIpc) is 3.08. The summed E-state index contributed by atoms with van der Waals surface area (Å²) in [6.07, 6.45) is 3.50. The molecule has 0 saturated carbocycles. The van der Waals surface area contributed by atoms with Crippen LogP contribution in [0.2, 0.25) is 0 Å². The van der Waals surface area contributed by atoms with Gasteiger partial charge in [-0.2, -0.15) is 5.10 Å². The first-order valence-electron chi connectivity index (χ1n) is 7.59. The van der Waals surface area contributed by atoms with Crippen LogP contribution in [0.5, 0.6) is 5.75 Å². The van der Waals surface area contributed by atoms with Crippen molar-refractivity contribution in [3.8, 4) is 5.75 Å². The fourth-order valence-electron chi connectivity index (χ4n) is 2.26. The number of amides is 1. The SMILES string of the molecule is O=C(Nc1cccc(OCCn2cccn2)c1)c1c(F)cccc1F. The Kier molecular flexibility index (Phi) is 5.03. The van der Waals surface area contributed by atoms with Crippen molar-refractivity contribution in [3.05, 3.63) is 78.1 Å². The third kappa shape index (κ3) is 4.20. The second kappa shape index (κ2) is 7.57. The zero-order valence-corrected chi connectivity index (χ0v) is 13.2. The van der Waals surface area contributed by atoms with E-state index >= 15 is 0 Å². The Labute approximate surface area is 142 Å². The van der Waals surface area contributed by atoms with E-state index in [9.17, 15) is 13.6 Å². The van der Waals surface area contributed by atoms with Crippen molar-refractivity contribution in [3.63, 3.8) is 0 Å². The van der Waals surface area contributed by atoms with E-state index in [1.807, 2.05) is 12.3 Å². The van der Waals surface area contributed by atoms with E-state index in [-0.39, 0.29) is 0 Å². The monoisotopic (exact) mass is 343 g/mol. The highest BCUT2D eigenvalue weighted by Gasteiger charge is 2.17. The lowest BCUT2D eigenvalue weighted by molar-refractivity contribution is 0.101. The van der Waals surface area contributed by atoms with Gasteiger partial charge >= 0.3 is 0 Å². The molecule has 0 saturated heterocycles. The Morgan fingerprint density at radius 1 is 1.12 bits per heavy atom. The third-order valence-corrected chi connectivity index (χ3v) is 3.43. The van der Waals surface area contributed by atoms with E-state index in [4.69, 9.17) is 4.74 Å². The minimum atomic E-state index is -0.913. The summed E-state index contributed by atoms with van der Waals surface area (Å²) in [6, 6.07) is 11.7. The lowest BCUT2D eigenvalue weighted by atomic mass is 10.1. The number of hydrogen-bond acceptors (Lipinski definition) is 3. The summed E-state index contributed by atoms with van der Waals surface area (Å²) in [5, 5.41) is 6.53. The third-order valence-electron chi connectivity index (χ3n) is 3.43. The first-order chi connectivity index (χ1) is 12.1. The highest BCUT2D eigenvalue weighted by atomic mass is 19.1. The molecule has 1 N–H and O–H groups in total. The summed E-state index contributed by atoms with van der Waals surface area (Å²) >= 11 is 0. The number of carbonyl (C=O) groups is 1. The van der Waals surface area contributed by atoms with Crippen LogP contribution < -0.4 is 10.1 Å². The number of halogens is 2. The average molecular weight is 343 g/mol. The van der Waals surface area contributed by atoms with E-state index in [1.54, 1.807) is 35.1 Å². The molecule has 0 fully saturated rings. The van der Waals surface area contributed by atoms with Crippen molar-refractivity contribution >= 4 is 11.6 Å². The predicted octanol–water partition coefficient (Wildman–Crippen LogP) is 3.49. The van der Waals surface area contributed by atoms with E-state index in [2.05, 4.69) is 10.4 Å². The molecule has 0 bridgehead atoms. The molecule has 0 aliphatic carbocycles. The molecule has 0 aliphatic rings. The van der Waals surface area contributed by atoms with Crippen LogP contribution in [0, 0.1) is 11.6 Å². The van der Waals surface area contributed by atoms with Crippen LogP contribution >= 0.6 is 0 Å². The summed E-state index contributed by atoms with van der Waals surface area (Å²) in [5.41, 5.74) is -0.239. The number of ether oxygens (including phenoxy) is 1. The van der Waals surface area contributed by atoms with E-state index in [0.717, 1.165) is 12.1 Å². The molecular formula is C18H15F2N3O2. The molecule has 1 heterocycles. The zero-order valence-electron chi connectivity index (χ0n) is 13.2. The van der Waals surface area contributed by atoms with Crippen molar-refractivity contribution in [2.75, 3.05) is 11.9 Å². The number of rotatable bonds is 6. The van der Waals surface area contributed by atoms with Gasteiger partial charge in [-0.25, -0.2) is 8.78 Å². The van der Waals surface area contributed by atoms with Crippen LogP contribution in [0.3, 0.4) is 0 Å². The van der Waals surface area contributed by atoms with Crippen molar-refractivity contribution in [2.45, 2.75) is 6.54 Å². The standard InChI is InChI=1S/C18H15F2N3O2/c19-15-6-2-7-16(20)17(15)18(24)22-13-4-1-5-14(12-13)25-11-10-23-9-3-8-21-23/h1-9,12H,10-11H2,(H,22,24). The molecule has 0 aliphatic heterocycles. The van der Waals surface area contributed by atoms with Gasteiger partial charge in [-0.1, -0.05) is 12.1 Å². The van der Waals surface area contributed by atoms with Crippen LogP contribution in [-0.2, 0) is 6.54 Å². The number of anilines is 1. The number of nitrogens with zero attached hydrogens (tertiary/aromatic N) is 2. The van der Waals surface area contributed by atoms with Crippen molar-refractivity contribution in [1.82, 2.24) is 9.78 Å². The van der Waals surface area contributed by atoms with Gasteiger partial charge in [0.2, 0.25) is 0 Å². The van der Waals surface area contributed by atoms with Crippen molar-refractivity contribution in [1.29, 1.82) is 0 Å². The number of hydrogen-bond donors (Lipinski definition) is 1.